The number of piperidine rings is 1. The van der Waals surface area contributed by atoms with Crippen LogP contribution in [0.15, 0.2) is 11.6 Å². The van der Waals surface area contributed by atoms with Gasteiger partial charge in [-0.25, -0.2) is 4.98 Å². The van der Waals surface area contributed by atoms with Gasteiger partial charge in [-0.15, -0.1) is 11.3 Å². The molecule has 1 aliphatic heterocycles. The Morgan fingerprint density at radius 3 is 2.83 bits per heavy atom. The number of thiazole rings is 1. The van der Waals surface area contributed by atoms with E-state index in [0.717, 1.165) is 42.5 Å². The minimum Gasteiger partial charge on any atom is -0.337 e. The van der Waals surface area contributed by atoms with Crippen molar-refractivity contribution in [2.24, 2.45) is 5.92 Å². The van der Waals surface area contributed by atoms with Crippen LogP contribution in [0.1, 0.15) is 35.9 Å². The van der Waals surface area contributed by atoms with Crippen molar-refractivity contribution in [1.82, 2.24) is 14.3 Å². The Balaban J connectivity index is 1.83. The molecule has 1 fully saturated rings. The van der Waals surface area contributed by atoms with E-state index in [0.29, 0.717) is 5.69 Å². The molecule has 2 aromatic heterocycles. The fourth-order valence-electron chi connectivity index (χ4n) is 2.37. The van der Waals surface area contributed by atoms with Crippen molar-refractivity contribution in [2.75, 3.05) is 13.1 Å². The van der Waals surface area contributed by atoms with Crippen LogP contribution in [0, 0.1) is 12.8 Å². The Labute approximate surface area is 110 Å². The number of aromatic nitrogens is 2. The fraction of sp³-hybridized carbons (Fsp3) is 0.538. The largest absolute Gasteiger partial charge is 0.337 e. The molecule has 0 radical (unpaired) electrons. The minimum absolute atomic E-state index is 0.0807. The summed E-state index contributed by atoms with van der Waals surface area (Å²) in [7, 11) is 0. The second-order valence-electron chi connectivity index (χ2n) is 5.13. The summed E-state index contributed by atoms with van der Waals surface area (Å²) in [5.41, 5.74) is 1.72. The minimum atomic E-state index is 0.0807. The highest BCUT2D eigenvalue weighted by atomic mass is 32.1. The van der Waals surface area contributed by atoms with Gasteiger partial charge in [0.25, 0.3) is 5.91 Å². The van der Waals surface area contributed by atoms with E-state index in [2.05, 4.69) is 17.3 Å². The average molecular weight is 263 g/mol. The van der Waals surface area contributed by atoms with Gasteiger partial charge < -0.3 is 4.90 Å². The predicted octanol–water partition coefficient (Wildman–Crippen LogP) is 2.58. The summed E-state index contributed by atoms with van der Waals surface area (Å²) in [6.07, 6.45) is 4.07. The molecule has 1 amide bonds. The molecule has 2 aromatic rings. The second-order valence-corrected chi connectivity index (χ2v) is 5.97. The highest BCUT2D eigenvalue weighted by molar-refractivity contribution is 7.15. The second kappa shape index (κ2) is 4.39. The lowest BCUT2D eigenvalue weighted by molar-refractivity contribution is 0.0692. The molecule has 1 aliphatic rings. The van der Waals surface area contributed by atoms with Gasteiger partial charge in [0.1, 0.15) is 5.69 Å². The van der Waals surface area contributed by atoms with E-state index in [1.807, 2.05) is 22.4 Å². The molecule has 18 heavy (non-hydrogen) atoms. The first-order valence-electron chi connectivity index (χ1n) is 6.37. The summed E-state index contributed by atoms with van der Waals surface area (Å²) in [4.78, 5) is 19.6. The molecule has 0 spiro atoms. The van der Waals surface area contributed by atoms with Crippen LogP contribution in [0.5, 0.6) is 0 Å². The van der Waals surface area contributed by atoms with E-state index < -0.39 is 0 Å². The molecule has 0 atom stereocenters. The summed E-state index contributed by atoms with van der Waals surface area (Å²) in [5.74, 6) is 0.819. The number of nitrogens with zero attached hydrogens (tertiary/aromatic N) is 3. The SMILES string of the molecule is Cc1csc2nc(C(=O)N3CCC(C)CC3)cn12. The molecule has 0 aromatic carbocycles. The van der Waals surface area contributed by atoms with E-state index >= 15 is 0 Å². The molecule has 3 rings (SSSR count). The summed E-state index contributed by atoms with van der Waals surface area (Å²) < 4.78 is 1.99. The third kappa shape index (κ3) is 1.92. The van der Waals surface area contributed by atoms with E-state index in [4.69, 9.17) is 0 Å². The monoisotopic (exact) mass is 263 g/mol. The smallest absolute Gasteiger partial charge is 0.274 e. The van der Waals surface area contributed by atoms with E-state index in [9.17, 15) is 4.79 Å². The molecule has 3 heterocycles. The Kier molecular flexibility index (Phi) is 2.86. The molecule has 1 saturated heterocycles. The quantitative estimate of drug-likeness (QED) is 0.793. The number of carbonyl (C=O) groups is 1. The zero-order chi connectivity index (χ0) is 12.7. The van der Waals surface area contributed by atoms with Gasteiger partial charge >= 0.3 is 0 Å². The number of rotatable bonds is 1. The van der Waals surface area contributed by atoms with Crippen LogP contribution < -0.4 is 0 Å². The lowest BCUT2D eigenvalue weighted by Gasteiger charge is -2.29. The van der Waals surface area contributed by atoms with Gasteiger partial charge in [0.05, 0.1) is 0 Å². The molecule has 0 unspecified atom stereocenters. The van der Waals surface area contributed by atoms with Gasteiger partial charge in [0.15, 0.2) is 4.96 Å². The van der Waals surface area contributed by atoms with Gasteiger partial charge in [0.2, 0.25) is 0 Å². The van der Waals surface area contributed by atoms with Gasteiger partial charge in [-0.05, 0) is 25.7 Å². The summed E-state index contributed by atoms with van der Waals surface area (Å²) in [6, 6.07) is 0. The number of hydrogen-bond acceptors (Lipinski definition) is 3. The Hall–Kier alpha value is -1.36. The summed E-state index contributed by atoms with van der Waals surface area (Å²) in [5, 5.41) is 2.05. The van der Waals surface area contributed by atoms with Crippen molar-refractivity contribution in [1.29, 1.82) is 0 Å². The molecule has 4 nitrogen and oxygen atoms in total. The van der Waals surface area contributed by atoms with Gasteiger partial charge in [-0.3, -0.25) is 9.20 Å². The fourth-order valence-corrected chi connectivity index (χ4v) is 3.22. The lowest BCUT2D eigenvalue weighted by Crippen LogP contribution is -2.38. The maximum atomic E-state index is 12.3. The molecule has 0 saturated carbocycles. The van der Waals surface area contributed by atoms with E-state index in [-0.39, 0.29) is 5.91 Å². The number of carbonyl (C=O) groups excluding carboxylic acids is 1. The molecule has 0 aliphatic carbocycles. The number of imidazole rings is 1. The van der Waals surface area contributed by atoms with Gasteiger partial charge in [0, 0.05) is 30.4 Å². The third-order valence-corrected chi connectivity index (χ3v) is 4.64. The Bertz CT molecular complexity index is 578. The number of likely N-dealkylation sites (tertiary alicyclic amines) is 1. The van der Waals surface area contributed by atoms with Crippen LogP contribution in [0.25, 0.3) is 4.96 Å². The predicted molar refractivity (Wildman–Crippen MR) is 72.1 cm³/mol. The third-order valence-electron chi connectivity index (χ3n) is 3.68. The van der Waals surface area contributed by atoms with Crippen molar-refractivity contribution in [3.8, 4) is 0 Å². The standard InChI is InChI=1S/C13H17N3OS/c1-9-3-5-15(6-4-9)12(17)11-7-16-10(2)8-18-13(16)14-11/h7-9H,3-6H2,1-2H3. The maximum Gasteiger partial charge on any atom is 0.274 e. The van der Waals surface area contributed by atoms with E-state index in [1.54, 1.807) is 11.3 Å². The topological polar surface area (TPSA) is 37.6 Å². The Morgan fingerprint density at radius 1 is 1.44 bits per heavy atom. The maximum absolute atomic E-state index is 12.3. The zero-order valence-corrected chi connectivity index (χ0v) is 11.5. The highest BCUT2D eigenvalue weighted by Crippen LogP contribution is 2.20. The Morgan fingerprint density at radius 2 is 2.17 bits per heavy atom. The number of amides is 1. The first kappa shape index (κ1) is 11.7. The highest BCUT2D eigenvalue weighted by Gasteiger charge is 2.23. The van der Waals surface area contributed by atoms with Crippen molar-refractivity contribution >= 4 is 22.2 Å². The van der Waals surface area contributed by atoms with Crippen molar-refractivity contribution in [3.63, 3.8) is 0 Å². The van der Waals surface area contributed by atoms with Crippen molar-refractivity contribution in [3.05, 3.63) is 23.0 Å². The first-order chi connectivity index (χ1) is 8.65. The molecule has 0 bridgehead atoms. The van der Waals surface area contributed by atoms with Crippen LogP contribution in [0.2, 0.25) is 0 Å². The molecule has 0 N–H and O–H groups in total. The molecular weight excluding hydrogens is 246 g/mol. The number of aryl methyl sites for hydroxylation is 1. The molecule has 5 heteroatoms. The van der Waals surface area contributed by atoms with E-state index in [1.165, 1.54) is 0 Å². The van der Waals surface area contributed by atoms with Gasteiger partial charge in [-0.1, -0.05) is 6.92 Å². The van der Waals surface area contributed by atoms with Crippen molar-refractivity contribution in [2.45, 2.75) is 26.7 Å². The lowest BCUT2D eigenvalue weighted by atomic mass is 9.99. The van der Waals surface area contributed by atoms with Crippen LogP contribution in [-0.4, -0.2) is 33.3 Å². The number of hydrogen-bond donors (Lipinski definition) is 0. The molecule has 96 valence electrons. The van der Waals surface area contributed by atoms with Gasteiger partial charge in [-0.2, -0.15) is 0 Å². The van der Waals surface area contributed by atoms with Crippen molar-refractivity contribution < 1.29 is 4.79 Å². The van der Waals surface area contributed by atoms with Crippen LogP contribution in [0.4, 0.5) is 0 Å². The summed E-state index contributed by atoms with van der Waals surface area (Å²) in [6.45, 7) is 6.01. The summed E-state index contributed by atoms with van der Waals surface area (Å²) >= 11 is 1.58. The van der Waals surface area contributed by atoms with Crippen LogP contribution >= 0.6 is 11.3 Å². The zero-order valence-electron chi connectivity index (χ0n) is 10.7. The van der Waals surface area contributed by atoms with Crippen LogP contribution in [0.3, 0.4) is 0 Å². The first-order valence-corrected chi connectivity index (χ1v) is 7.25. The number of fused-ring (bicyclic) bond motifs is 1. The van der Waals surface area contributed by atoms with Crippen LogP contribution in [-0.2, 0) is 0 Å². The molecular formula is C13H17N3OS. The average Bonchev–Trinajstić information content (AvgIpc) is 2.92. The normalized spacial score (nSPS) is 17.6.